The number of benzene rings is 2. The zero-order valence-corrected chi connectivity index (χ0v) is 18.9. The lowest BCUT2D eigenvalue weighted by Gasteiger charge is -2.38. The van der Waals surface area contributed by atoms with Crippen molar-refractivity contribution >= 4 is 26.7 Å². The SMILES string of the molecule is CCCC(c1nnnn1Cc1ccc(F)cc1)N1CCN(c2nc3ccccc3s2)CC1. The summed E-state index contributed by atoms with van der Waals surface area (Å²) in [6, 6.07) is 15.0. The van der Waals surface area contributed by atoms with Gasteiger partial charge in [-0.15, -0.1) is 5.10 Å². The van der Waals surface area contributed by atoms with Crippen molar-refractivity contribution in [2.75, 3.05) is 31.1 Å². The van der Waals surface area contributed by atoms with Gasteiger partial charge in [0, 0.05) is 26.2 Å². The van der Waals surface area contributed by atoms with E-state index in [0.29, 0.717) is 6.54 Å². The van der Waals surface area contributed by atoms with Gasteiger partial charge in [0.05, 0.1) is 22.8 Å². The van der Waals surface area contributed by atoms with E-state index in [1.165, 1.54) is 16.8 Å². The molecule has 4 aromatic rings. The molecule has 3 heterocycles. The molecule has 0 bridgehead atoms. The Labute approximate surface area is 190 Å². The molecule has 166 valence electrons. The van der Waals surface area contributed by atoms with Crippen LogP contribution in [0.5, 0.6) is 0 Å². The molecule has 2 aromatic carbocycles. The van der Waals surface area contributed by atoms with E-state index in [0.717, 1.165) is 61.1 Å². The van der Waals surface area contributed by atoms with E-state index in [-0.39, 0.29) is 11.9 Å². The highest BCUT2D eigenvalue weighted by atomic mass is 32.1. The monoisotopic (exact) mass is 451 g/mol. The summed E-state index contributed by atoms with van der Waals surface area (Å²) in [6.07, 6.45) is 2.04. The number of halogens is 1. The van der Waals surface area contributed by atoms with Crippen molar-refractivity contribution in [3.63, 3.8) is 0 Å². The van der Waals surface area contributed by atoms with Crippen molar-refractivity contribution in [1.82, 2.24) is 30.1 Å². The number of nitrogens with zero attached hydrogens (tertiary/aromatic N) is 7. The van der Waals surface area contributed by atoms with Gasteiger partial charge in [0.2, 0.25) is 0 Å². The lowest BCUT2D eigenvalue weighted by molar-refractivity contribution is 0.164. The second-order valence-corrected chi connectivity index (χ2v) is 9.12. The summed E-state index contributed by atoms with van der Waals surface area (Å²) in [6.45, 7) is 6.46. The van der Waals surface area contributed by atoms with Crippen LogP contribution >= 0.6 is 11.3 Å². The van der Waals surface area contributed by atoms with Gasteiger partial charge in [-0.2, -0.15) is 0 Å². The molecule has 1 unspecified atom stereocenters. The van der Waals surface area contributed by atoms with Crippen molar-refractivity contribution < 1.29 is 4.39 Å². The van der Waals surface area contributed by atoms with Crippen LogP contribution in [0.4, 0.5) is 9.52 Å². The molecule has 1 saturated heterocycles. The van der Waals surface area contributed by atoms with Crippen molar-refractivity contribution in [3.05, 3.63) is 65.7 Å². The number of fused-ring (bicyclic) bond motifs is 1. The van der Waals surface area contributed by atoms with Crippen LogP contribution in [0.25, 0.3) is 10.2 Å². The van der Waals surface area contributed by atoms with Gasteiger partial charge in [-0.25, -0.2) is 14.1 Å². The summed E-state index contributed by atoms with van der Waals surface area (Å²) >= 11 is 1.76. The topological polar surface area (TPSA) is 63.0 Å². The molecule has 1 aliphatic rings. The van der Waals surface area contributed by atoms with Gasteiger partial charge in [0.15, 0.2) is 11.0 Å². The summed E-state index contributed by atoms with van der Waals surface area (Å²) in [4.78, 5) is 9.69. The second-order valence-electron chi connectivity index (χ2n) is 8.11. The number of anilines is 1. The summed E-state index contributed by atoms with van der Waals surface area (Å²) in [5, 5.41) is 13.7. The highest BCUT2D eigenvalue weighted by Gasteiger charge is 2.29. The molecule has 0 N–H and O–H groups in total. The highest BCUT2D eigenvalue weighted by molar-refractivity contribution is 7.22. The molecule has 9 heteroatoms. The average Bonchev–Trinajstić information content (AvgIpc) is 3.46. The first-order valence-electron chi connectivity index (χ1n) is 11.1. The van der Waals surface area contributed by atoms with Gasteiger partial charge >= 0.3 is 0 Å². The molecule has 7 nitrogen and oxygen atoms in total. The van der Waals surface area contributed by atoms with E-state index < -0.39 is 0 Å². The van der Waals surface area contributed by atoms with Gasteiger partial charge in [0.25, 0.3) is 0 Å². The molecule has 1 fully saturated rings. The quantitative estimate of drug-likeness (QED) is 0.421. The van der Waals surface area contributed by atoms with Crippen LogP contribution in [-0.2, 0) is 6.54 Å². The normalized spacial score (nSPS) is 16.0. The largest absolute Gasteiger partial charge is 0.345 e. The van der Waals surface area contributed by atoms with Gasteiger partial charge in [0.1, 0.15) is 5.82 Å². The molecular formula is C23H26FN7S. The summed E-state index contributed by atoms with van der Waals surface area (Å²) in [5.41, 5.74) is 2.05. The molecule has 0 radical (unpaired) electrons. The number of piperazine rings is 1. The number of hydrogen-bond donors (Lipinski definition) is 0. The lowest BCUT2D eigenvalue weighted by Crippen LogP contribution is -2.48. The average molecular weight is 452 g/mol. The number of hydrogen-bond acceptors (Lipinski definition) is 7. The molecule has 1 aliphatic heterocycles. The van der Waals surface area contributed by atoms with Crippen LogP contribution in [0.15, 0.2) is 48.5 Å². The van der Waals surface area contributed by atoms with E-state index >= 15 is 0 Å². The van der Waals surface area contributed by atoms with Crippen molar-refractivity contribution in [1.29, 1.82) is 0 Å². The van der Waals surface area contributed by atoms with Crippen molar-refractivity contribution in [2.24, 2.45) is 0 Å². The zero-order valence-electron chi connectivity index (χ0n) is 18.1. The third-order valence-electron chi connectivity index (χ3n) is 5.97. The Hall–Kier alpha value is -2.91. The van der Waals surface area contributed by atoms with Gasteiger partial charge in [-0.05, 0) is 46.7 Å². The third-order valence-corrected chi connectivity index (χ3v) is 7.07. The van der Waals surface area contributed by atoms with E-state index in [4.69, 9.17) is 4.98 Å². The Morgan fingerprint density at radius 3 is 2.56 bits per heavy atom. The maximum Gasteiger partial charge on any atom is 0.186 e. The fourth-order valence-electron chi connectivity index (χ4n) is 4.29. The van der Waals surface area contributed by atoms with E-state index in [2.05, 4.69) is 50.4 Å². The third kappa shape index (κ3) is 4.35. The predicted molar refractivity (Wildman–Crippen MR) is 124 cm³/mol. The maximum absolute atomic E-state index is 13.3. The summed E-state index contributed by atoms with van der Waals surface area (Å²) < 4.78 is 16.4. The van der Waals surface area contributed by atoms with Crippen LogP contribution in [0.3, 0.4) is 0 Å². The molecule has 0 saturated carbocycles. The minimum atomic E-state index is -0.236. The Morgan fingerprint density at radius 2 is 1.81 bits per heavy atom. The molecule has 1 atom stereocenters. The van der Waals surface area contributed by atoms with Crippen LogP contribution in [0, 0.1) is 5.82 Å². The number of thiazole rings is 1. The Morgan fingerprint density at radius 1 is 1.03 bits per heavy atom. The van der Waals surface area contributed by atoms with E-state index in [9.17, 15) is 4.39 Å². The van der Waals surface area contributed by atoms with Crippen LogP contribution in [0.2, 0.25) is 0 Å². The Kier molecular flexibility index (Phi) is 6.09. The van der Waals surface area contributed by atoms with Gasteiger partial charge in [-0.1, -0.05) is 48.9 Å². The fraction of sp³-hybridized carbons (Fsp3) is 0.391. The Balaban J connectivity index is 1.30. The number of aromatic nitrogens is 5. The molecule has 0 spiro atoms. The predicted octanol–water partition coefficient (Wildman–Crippen LogP) is 4.13. The minimum absolute atomic E-state index is 0.160. The number of rotatable bonds is 7. The first-order chi connectivity index (χ1) is 15.7. The molecule has 32 heavy (non-hydrogen) atoms. The van der Waals surface area contributed by atoms with Gasteiger partial charge in [-0.3, -0.25) is 4.90 Å². The summed E-state index contributed by atoms with van der Waals surface area (Å²) in [5.74, 6) is 0.644. The van der Waals surface area contributed by atoms with Crippen LogP contribution in [-0.4, -0.2) is 56.3 Å². The summed E-state index contributed by atoms with van der Waals surface area (Å²) in [7, 11) is 0. The first kappa shape index (κ1) is 21.0. The molecule has 0 amide bonds. The highest BCUT2D eigenvalue weighted by Crippen LogP contribution is 2.31. The Bertz CT molecular complexity index is 1130. The van der Waals surface area contributed by atoms with Crippen molar-refractivity contribution in [3.8, 4) is 0 Å². The maximum atomic E-state index is 13.3. The second kappa shape index (κ2) is 9.30. The van der Waals surface area contributed by atoms with Crippen LogP contribution < -0.4 is 4.90 Å². The molecular weight excluding hydrogens is 425 g/mol. The minimum Gasteiger partial charge on any atom is -0.345 e. The number of tetrazole rings is 1. The number of para-hydroxylation sites is 1. The van der Waals surface area contributed by atoms with Crippen molar-refractivity contribution in [2.45, 2.75) is 32.4 Å². The van der Waals surface area contributed by atoms with Gasteiger partial charge < -0.3 is 4.90 Å². The molecule has 2 aromatic heterocycles. The zero-order chi connectivity index (χ0) is 21.9. The van der Waals surface area contributed by atoms with Crippen LogP contribution in [0.1, 0.15) is 37.2 Å². The molecule has 0 aliphatic carbocycles. The van der Waals surface area contributed by atoms with E-state index in [1.807, 2.05) is 10.7 Å². The first-order valence-corrected chi connectivity index (χ1v) is 11.9. The smallest absolute Gasteiger partial charge is 0.186 e. The van der Waals surface area contributed by atoms with E-state index in [1.54, 1.807) is 23.5 Å². The fourth-order valence-corrected chi connectivity index (χ4v) is 5.31. The molecule has 5 rings (SSSR count). The lowest BCUT2D eigenvalue weighted by atomic mass is 10.1. The standard InChI is InChI=1S/C23H26FN7S/c1-2-5-20(22-26-27-28-31(22)16-17-8-10-18(24)11-9-17)29-12-14-30(15-13-29)23-25-19-6-3-4-7-21(19)32-23/h3-4,6-11,20H,2,5,12-16H2,1H3.